The minimum absolute atomic E-state index is 0.0373. The van der Waals surface area contributed by atoms with E-state index in [-0.39, 0.29) is 11.4 Å². The van der Waals surface area contributed by atoms with Crippen LogP contribution < -0.4 is 5.32 Å². The fourth-order valence-corrected chi connectivity index (χ4v) is 3.41. The largest absolute Gasteiger partial charge is 0.321 e. The average molecular weight is 432 g/mol. The van der Waals surface area contributed by atoms with Gasteiger partial charge in [-0.15, -0.1) is 0 Å². The van der Waals surface area contributed by atoms with Gasteiger partial charge < -0.3 is 5.32 Å². The molecular weight excluding hydrogens is 417 g/mol. The number of fused-ring (bicyclic) bond motifs is 1. The predicted molar refractivity (Wildman–Crippen MR) is 121 cm³/mol. The van der Waals surface area contributed by atoms with Crippen LogP contribution in [0.2, 0.25) is 10.0 Å². The van der Waals surface area contributed by atoms with Crippen molar-refractivity contribution in [3.63, 3.8) is 0 Å². The SMILES string of the molecule is O=C1Nc2ccc(C#CCc3ccccc3)cc2C(=O)/C1=C/c1ccc(Cl)c(Cl)c1. The maximum absolute atomic E-state index is 13.0. The third kappa shape index (κ3) is 4.31. The smallest absolute Gasteiger partial charge is 0.259 e. The molecule has 0 spiro atoms. The summed E-state index contributed by atoms with van der Waals surface area (Å²) in [5.74, 6) is 5.40. The van der Waals surface area contributed by atoms with Gasteiger partial charge >= 0.3 is 0 Å². The first-order valence-electron chi connectivity index (χ1n) is 9.21. The zero-order chi connectivity index (χ0) is 21.1. The monoisotopic (exact) mass is 431 g/mol. The Morgan fingerprint density at radius 1 is 0.900 bits per heavy atom. The van der Waals surface area contributed by atoms with Crippen molar-refractivity contribution in [3.05, 3.63) is 105 Å². The van der Waals surface area contributed by atoms with Gasteiger partial charge in [0.1, 0.15) is 0 Å². The van der Waals surface area contributed by atoms with E-state index in [2.05, 4.69) is 17.2 Å². The average Bonchev–Trinajstić information content (AvgIpc) is 2.75. The summed E-state index contributed by atoms with van der Waals surface area (Å²) in [5, 5.41) is 3.52. The van der Waals surface area contributed by atoms with E-state index in [1.54, 1.807) is 36.4 Å². The highest BCUT2D eigenvalue weighted by molar-refractivity contribution is 6.42. The lowest BCUT2D eigenvalue weighted by atomic mass is 9.94. The molecule has 30 heavy (non-hydrogen) atoms. The van der Waals surface area contributed by atoms with Crippen molar-refractivity contribution < 1.29 is 9.59 Å². The van der Waals surface area contributed by atoms with Gasteiger partial charge in [0.25, 0.3) is 5.91 Å². The summed E-state index contributed by atoms with van der Waals surface area (Å²) in [5.41, 5.74) is 3.37. The van der Waals surface area contributed by atoms with E-state index in [1.165, 1.54) is 6.08 Å². The van der Waals surface area contributed by atoms with Crippen molar-refractivity contribution in [2.75, 3.05) is 5.32 Å². The number of carbonyl (C=O) groups excluding carboxylic acids is 2. The summed E-state index contributed by atoms with van der Waals surface area (Å²) < 4.78 is 0. The number of rotatable bonds is 2. The van der Waals surface area contributed by atoms with Gasteiger partial charge in [0.15, 0.2) is 0 Å². The Morgan fingerprint density at radius 2 is 1.70 bits per heavy atom. The van der Waals surface area contributed by atoms with Crippen LogP contribution in [-0.4, -0.2) is 11.7 Å². The van der Waals surface area contributed by atoms with Crippen molar-refractivity contribution >= 4 is 46.7 Å². The summed E-state index contributed by atoms with van der Waals surface area (Å²) in [6.45, 7) is 0. The zero-order valence-electron chi connectivity index (χ0n) is 15.7. The van der Waals surface area contributed by atoms with E-state index in [4.69, 9.17) is 23.2 Å². The highest BCUT2D eigenvalue weighted by atomic mass is 35.5. The number of amides is 1. The molecule has 1 aliphatic heterocycles. The van der Waals surface area contributed by atoms with Gasteiger partial charge in [-0.05, 0) is 47.5 Å². The molecule has 3 aromatic rings. The second-order valence-corrected chi connectivity index (χ2v) is 7.55. The predicted octanol–water partition coefficient (Wildman–Crippen LogP) is 5.81. The van der Waals surface area contributed by atoms with E-state index in [9.17, 15) is 9.59 Å². The summed E-state index contributed by atoms with van der Waals surface area (Å²) in [7, 11) is 0. The van der Waals surface area contributed by atoms with Crippen LogP contribution in [0.3, 0.4) is 0 Å². The number of carbonyl (C=O) groups is 2. The molecule has 0 fully saturated rings. The minimum Gasteiger partial charge on any atom is -0.321 e. The molecule has 0 atom stereocenters. The molecule has 146 valence electrons. The highest BCUT2D eigenvalue weighted by Crippen LogP contribution is 2.29. The Hall–Kier alpha value is -3.32. The molecule has 1 heterocycles. The molecular formula is C25H15Cl2NO2. The number of hydrogen-bond donors (Lipinski definition) is 1. The van der Waals surface area contributed by atoms with Crippen LogP contribution in [0.5, 0.6) is 0 Å². The fourth-order valence-electron chi connectivity index (χ4n) is 3.10. The van der Waals surface area contributed by atoms with Gasteiger partial charge in [0.2, 0.25) is 5.78 Å². The molecule has 4 rings (SSSR count). The number of Topliss-reactive ketones (excluding diaryl/α,β-unsaturated/α-hetero) is 1. The second kappa shape index (κ2) is 8.59. The molecule has 0 aromatic heterocycles. The van der Waals surface area contributed by atoms with Crippen molar-refractivity contribution in [1.82, 2.24) is 0 Å². The molecule has 0 unspecified atom stereocenters. The Balaban J connectivity index is 1.62. The molecule has 1 aliphatic rings. The van der Waals surface area contributed by atoms with Crippen LogP contribution in [0, 0.1) is 11.8 Å². The van der Waals surface area contributed by atoms with E-state index in [0.717, 1.165) is 5.56 Å². The van der Waals surface area contributed by atoms with Crippen LogP contribution >= 0.6 is 23.2 Å². The van der Waals surface area contributed by atoms with Gasteiger partial charge in [0.05, 0.1) is 21.3 Å². The molecule has 1 N–H and O–H groups in total. The molecule has 0 aliphatic carbocycles. The highest BCUT2D eigenvalue weighted by Gasteiger charge is 2.28. The molecule has 0 saturated heterocycles. The number of nitrogens with one attached hydrogen (secondary N) is 1. The molecule has 1 amide bonds. The Bertz CT molecular complexity index is 1250. The number of benzene rings is 3. The Morgan fingerprint density at radius 3 is 2.47 bits per heavy atom. The molecule has 3 nitrogen and oxygen atoms in total. The van der Waals surface area contributed by atoms with Crippen LogP contribution in [0.4, 0.5) is 5.69 Å². The number of anilines is 1. The molecule has 0 saturated carbocycles. The maximum atomic E-state index is 13.0. The first-order chi connectivity index (χ1) is 14.5. The summed E-state index contributed by atoms with van der Waals surface area (Å²) >= 11 is 12.0. The Kier molecular flexibility index (Phi) is 5.72. The van der Waals surface area contributed by atoms with Crippen LogP contribution in [0.25, 0.3) is 6.08 Å². The van der Waals surface area contributed by atoms with Crippen molar-refractivity contribution in [2.24, 2.45) is 0 Å². The third-order valence-electron chi connectivity index (χ3n) is 4.62. The van der Waals surface area contributed by atoms with E-state index in [0.29, 0.717) is 38.8 Å². The third-order valence-corrected chi connectivity index (χ3v) is 5.36. The summed E-state index contributed by atoms with van der Waals surface area (Å²) in [6.07, 6.45) is 2.13. The lowest BCUT2D eigenvalue weighted by Crippen LogP contribution is -2.27. The first kappa shape index (κ1) is 20.0. The normalized spacial score (nSPS) is 14.0. The number of halogens is 2. The van der Waals surface area contributed by atoms with Gasteiger partial charge in [-0.3, -0.25) is 9.59 Å². The quantitative estimate of drug-likeness (QED) is 0.316. The summed E-state index contributed by atoms with van der Waals surface area (Å²) in [6, 6.07) is 20.1. The van der Waals surface area contributed by atoms with Crippen LogP contribution in [0.1, 0.15) is 27.0 Å². The molecule has 3 aromatic carbocycles. The zero-order valence-corrected chi connectivity index (χ0v) is 17.2. The lowest BCUT2D eigenvalue weighted by Gasteiger charge is -2.18. The van der Waals surface area contributed by atoms with E-state index in [1.807, 2.05) is 30.3 Å². The molecule has 5 heteroatoms. The minimum atomic E-state index is -0.457. The fraction of sp³-hybridized carbons (Fsp3) is 0.0400. The Labute approximate surface area is 184 Å². The van der Waals surface area contributed by atoms with Gasteiger partial charge in [-0.25, -0.2) is 0 Å². The molecule has 0 bridgehead atoms. The van der Waals surface area contributed by atoms with Crippen molar-refractivity contribution in [2.45, 2.75) is 6.42 Å². The van der Waals surface area contributed by atoms with Crippen molar-refractivity contribution in [3.8, 4) is 11.8 Å². The standard InChI is InChI=1S/C25H15Cl2NO2/c26-21-11-9-18(15-22(21)27)14-20-24(29)19-13-17(10-12-23(19)28-25(20)30)8-4-7-16-5-2-1-3-6-16/h1-3,5-6,9-15H,7H2,(H,28,30)/b20-14-. The van der Waals surface area contributed by atoms with E-state index >= 15 is 0 Å². The van der Waals surface area contributed by atoms with Crippen molar-refractivity contribution in [1.29, 1.82) is 0 Å². The number of hydrogen-bond acceptors (Lipinski definition) is 2. The van der Waals surface area contributed by atoms with E-state index < -0.39 is 5.91 Å². The first-order valence-corrected chi connectivity index (χ1v) is 9.96. The maximum Gasteiger partial charge on any atom is 0.259 e. The van der Waals surface area contributed by atoms with Gasteiger partial charge in [-0.2, -0.15) is 0 Å². The number of ketones is 1. The topological polar surface area (TPSA) is 46.2 Å². The second-order valence-electron chi connectivity index (χ2n) is 6.74. The lowest BCUT2D eigenvalue weighted by molar-refractivity contribution is -0.112. The van der Waals surface area contributed by atoms with Gasteiger partial charge in [-0.1, -0.05) is 71.4 Å². The summed E-state index contributed by atoms with van der Waals surface area (Å²) in [4.78, 5) is 25.4. The van der Waals surface area contributed by atoms with Crippen LogP contribution in [0.15, 0.2) is 72.3 Å². The molecule has 0 radical (unpaired) electrons. The van der Waals surface area contributed by atoms with Crippen LogP contribution in [-0.2, 0) is 11.2 Å². The van der Waals surface area contributed by atoms with Gasteiger partial charge in [0, 0.05) is 17.5 Å².